The number of benzene rings is 1. The maximum absolute atomic E-state index is 12.6. The predicted molar refractivity (Wildman–Crippen MR) is 87.9 cm³/mol. The minimum atomic E-state index is -3.49. The van der Waals surface area contributed by atoms with Gasteiger partial charge in [-0.3, -0.25) is 0 Å². The Morgan fingerprint density at radius 1 is 1.23 bits per heavy atom. The zero-order valence-corrected chi connectivity index (χ0v) is 14.6. The molecule has 1 fully saturated rings. The summed E-state index contributed by atoms with van der Waals surface area (Å²) >= 11 is 0. The van der Waals surface area contributed by atoms with Crippen molar-refractivity contribution in [1.82, 2.24) is 10.0 Å². The molecule has 1 heterocycles. The Bertz CT molecular complexity index is 612. The molecule has 2 rings (SSSR count). The van der Waals surface area contributed by atoms with E-state index in [9.17, 15) is 8.42 Å². The van der Waals surface area contributed by atoms with Crippen LogP contribution in [0.2, 0.25) is 0 Å². The number of sulfonamides is 1. The lowest BCUT2D eigenvalue weighted by Crippen LogP contribution is -2.42. The lowest BCUT2D eigenvalue weighted by Gasteiger charge is -2.34. The number of nitrogens with one attached hydrogen (secondary N) is 2. The number of methoxy groups -OCH3 is 1. The van der Waals surface area contributed by atoms with Crippen LogP contribution in [0, 0.1) is 19.3 Å². The highest BCUT2D eigenvalue weighted by atomic mass is 32.2. The molecule has 0 atom stereocenters. The van der Waals surface area contributed by atoms with E-state index in [2.05, 4.69) is 17.0 Å². The topological polar surface area (TPSA) is 67.4 Å². The molecule has 6 heteroatoms. The second-order valence-electron chi connectivity index (χ2n) is 6.48. The largest absolute Gasteiger partial charge is 0.496 e. The third-order valence-corrected chi connectivity index (χ3v) is 5.83. The summed E-state index contributed by atoms with van der Waals surface area (Å²) in [6.45, 7) is 8.22. The van der Waals surface area contributed by atoms with Gasteiger partial charge in [0.25, 0.3) is 0 Å². The van der Waals surface area contributed by atoms with Crippen LogP contribution in [-0.4, -0.2) is 35.2 Å². The van der Waals surface area contributed by atoms with E-state index in [0.29, 0.717) is 11.4 Å². The molecule has 0 spiro atoms. The van der Waals surface area contributed by atoms with E-state index in [0.717, 1.165) is 42.8 Å². The van der Waals surface area contributed by atoms with E-state index in [1.165, 1.54) is 0 Å². The molecular formula is C16H26N2O3S. The smallest absolute Gasteiger partial charge is 0.240 e. The normalized spacial score (nSPS) is 18.2. The summed E-state index contributed by atoms with van der Waals surface area (Å²) in [6, 6.07) is 3.33. The van der Waals surface area contributed by atoms with Crippen molar-refractivity contribution >= 4 is 10.0 Å². The molecule has 1 saturated heterocycles. The van der Waals surface area contributed by atoms with Gasteiger partial charge < -0.3 is 10.1 Å². The summed E-state index contributed by atoms with van der Waals surface area (Å²) in [7, 11) is -1.90. The van der Waals surface area contributed by atoms with Gasteiger partial charge >= 0.3 is 0 Å². The molecule has 1 aliphatic heterocycles. The van der Waals surface area contributed by atoms with Crippen LogP contribution in [0.4, 0.5) is 0 Å². The fourth-order valence-electron chi connectivity index (χ4n) is 2.95. The van der Waals surface area contributed by atoms with Crippen molar-refractivity contribution in [2.75, 3.05) is 26.7 Å². The first-order chi connectivity index (χ1) is 10.3. The number of aryl methyl sites for hydroxylation is 2. The average Bonchev–Trinajstić information content (AvgIpc) is 2.46. The van der Waals surface area contributed by atoms with Crippen molar-refractivity contribution in [3.8, 4) is 5.75 Å². The van der Waals surface area contributed by atoms with E-state index in [1.54, 1.807) is 19.2 Å². The minimum absolute atomic E-state index is 0.0227. The van der Waals surface area contributed by atoms with Gasteiger partial charge in [0.1, 0.15) is 5.75 Å². The summed E-state index contributed by atoms with van der Waals surface area (Å²) in [5.41, 5.74) is 1.68. The molecule has 1 aliphatic rings. The van der Waals surface area contributed by atoms with Crippen molar-refractivity contribution in [3.05, 3.63) is 23.3 Å². The highest BCUT2D eigenvalue weighted by molar-refractivity contribution is 7.89. The van der Waals surface area contributed by atoms with Crippen molar-refractivity contribution < 1.29 is 13.2 Å². The second-order valence-corrected chi connectivity index (χ2v) is 8.24. The van der Waals surface area contributed by atoms with Gasteiger partial charge in [-0.25, -0.2) is 13.1 Å². The molecule has 5 nitrogen and oxygen atoms in total. The highest BCUT2D eigenvalue weighted by Crippen LogP contribution is 2.29. The standard InChI is InChI=1S/C16H26N2O3S/c1-12-9-14(10-13(2)15(12)21-4)22(19,20)18-11-16(3)5-7-17-8-6-16/h9-10,17-18H,5-8,11H2,1-4H3. The molecule has 22 heavy (non-hydrogen) atoms. The van der Waals surface area contributed by atoms with Gasteiger partial charge in [0.05, 0.1) is 12.0 Å². The molecule has 0 amide bonds. The number of ether oxygens (including phenoxy) is 1. The van der Waals surface area contributed by atoms with Crippen LogP contribution in [0.15, 0.2) is 17.0 Å². The van der Waals surface area contributed by atoms with Crippen molar-refractivity contribution in [2.24, 2.45) is 5.41 Å². The molecular weight excluding hydrogens is 300 g/mol. The molecule has 124 valence electrons. The Balaban J connectivity index is 2.17. The Morgan fingerprint density at radius 2 is 1.77 bits per heavy atom. The van der Waals surface area contributed by atoms with Crippen molar-refractivity contribution in [3.63, 3.8) is 0 Å². The highest BCUT2D eigenvalue weighted by Gasteiger charge is 2.29. The first kappa shape index (κ1) is 17.2. The Labute approximate surface area is 133 Å². The van der Waals surface area contributed by atoms with Gasteiger partial charge in [-0.15, -0.1) is 0 Å². The van der Waals surface area contributed by atoms with Crippen LogP contribution in [0.1, 0.15) is 30.9 Å². The lowest BCUT2D eigenvalue weighted by atomic mass is 9.81. The number of rotatable bonds is 5. The molecule has 1 aromatic rings. The van der Waals surface area contributed by atoms with Gasteiger partial charge in [-0.1, -0.05) is 6.92 Å². The molecule has 0 bridgehead atoms. The number of hydrogen-bond acceptors (Lipinski definition) is 4. The van der Waals surface area contributed by atoms with Gasteiger partial charge in [-0.05, 0) is 68.5 Å². The van der Waals surface area contributed by atoms with Gasteiger partial charge in [0.2, 0.25) is 10.0 Å². The van der Waals surface area contributed by atoms with Gasteiger partial charge in [-0.2, -0.15) is 0 Å². The lowest BCUT2D eigenvalue weighted by molar-refractivity contribution is 0.232. The minimum Gasteiger partial charge on any atom is -0.496 e. The summed E-state index contributed by atoms with van der Waals surface area (Å²) in [6.07, 6.45) is 1.96. The molecule has 2 N–H and O–H groups in total. The first-order valence-electron chi connectivity index (χ1n) is 7.63. The SMILES string of the molecule is COc1c(C)cc(S(=O)(=O)NCC2(C)CCNCC2)cc1C. The van der Waals surface area contributed by atoms with E-state index in [-0.39, 0.29) is 5.41 Å². The Kier molecular flexibility index (Phi) is 5.14. The van der Waals surface area contributed by atoms with Crippen LogP contribution in [0.3, 0.4) is 0 Å². The molecule has 0 radical (unpaired) electrons. The third-order valence-electron chi connectivity index (χ3n) is 4.45. The van der Waals surface area contributed by atoms with Gasteiger partial charge in [0, 0.05) is 6.54 Å². The zero-order chi connectivity index (χ0) is 16.4. The third kappa shape index (κ3) is 3.80. The number of hydrogen-bond donors (Lipinski definition) is 2. The fourth-order valence-corrected chi connectivity index (χ4v) is 4.32. The predicted octanol–water partition coefficient (Wildman–Crippen LogP) is 1.98. The van der Waals surface area contributed by atoms with E-state index < -0.39 is 10.0 Å². The van der Waals surface area contributed by atoms with Crippen molar-refractivity contribution in [2.45, 2.75) is 38.5 Å². The quantitative estimate of drug-likeness (QED) is 0.868. The van der Waals surface area contributed by atoms with Crippen LogP contribution in [0.5, 0.6) is 5.75 Å². The molecule has 0 saturated carbocycles. The van der Waals surface area contributed by atoms with Crippen LogP contribution >= 0.6 is 0 Å². The molecule has 1 aromatic carbocycles. The Hall–Kier alpha value is -1.11. The first-order valence-corrected chi connectivity index (χ1v) is 9.11. The van der Waals surface area contributed by atoms with E-state index >= 15 is 0 Å². The van der Waals surface area contributed by atoms with Crippen LogP contribution in [-0.2, 0) is 10.0 Å². The Morgan fingerprint density at radius 3 is 2.27 bits per heavy atom. The maximum atomic E-state index is 12.6. The average molecular weight is 326 g/mol. The van der Waals surface area contributed by atoms with Crippen molar-refractivity contribution in [1.29, 1.82) is 0 Å². The van der Waals surface area contributed by atoms with Crippen LogP contribution in [0.25, 0.3) is 0 Å². The number of piperidine rings is 1. The molecule has 0 aromatic heterocycles. The summed E-state index contributed by atoms with van der Waals surface area (Å²) in [5, 5.41) is 3.31. The van der Waals surface area contributed by atoms with Gasteiger partial charge in [0.15, 0.2) is 0 Å². The zero-order valence-electron chi connectivity index (χ0n) is 13.8. The molecule has 0 aliphatic carbocycles. The molecule has 0 unspecified atom stereocenters. The summed E-state index contributed by atoms with van der Waals surface area (Å²) in [4.78, 5) is 0.306. The summed E-state index contributed by atoms with van der Waals surface area (Å²) in [5.74, 6) is 0.740. The maximum Gasteiger partial charge on any atom is 0.240 e. The van der Waals surface area contributed by atoms with E-state index in [4.69, 9.17) is 4.74 Å². The summed E-state index contributed by atoms with van der Waals surface area (Å²) < 4.78 is 33.2. The van der Waals surface area contributed by atoms with Crippen LogP contribution < -0.4 is 14.8 Å². The second kappa shape index (κ2) is 6.56. The monoisotopic (exact) mass is 326 g/mol. The fraction of sp³-hybridized carbons (Fsp3) is 0.625. The van der Waals surface area contributed by atoms with E-state index in [1.807, 2.05) is 13.8 Å².